The molecule has 0 aromatic carbocycles. The average Bonchev–Trinajstić information content (AvgIpc) is 2.23. The van der Waals surface area contributed by atoms with Crippen molar-refractivity contribution in [3.63, 3.8) is 0 Å². The van der Waals surface area contributed by atoms with E-state index in [0.717, 1.165) is 13.0 Å². The summed E-state index contributed by atoms with van der Waals surface area (Å²) in [7, 11) is 0. The van der Waals surface area contributed by atoms with Gasteiger partial charge in [-0.2, -0.15) is 0 Å². The monoisotopic (exact) mass is 270 g/mol. The van der Waals surface area contributed by atoms with E-state index in [1.165, 1.54) is 0 Å². The highest BCUT2D eigenvalue weighted by Crippen LogP contribution is 2.24. The Hall–Kier alpha value is -0.570. The first-order valence-electron chi connectivity index (χ1n) is 7.56. The van der Waals surface area contributed by atoms with Crippen molar-refractivity contribution in [1.82, 2.24) is 5.32 Å². The molecule has 0 aliphatic carbocycles. The molecule has 0 rings (SSSR count). The summed E-state index contributed by atoms with van der Waals surface area (Å²) >= 11 is 0. The second kappa shape index (κ2) is 7.88. The lowest BCUT2D eigenvalue weighted by Gasteiger charge is -2.28. The van der Waals surface area contributed by atoms with Crippen molar-refractivity contribution in [3.05, 3.63) is 0 Å². The Morgan fingerprint density at radius 2 is 1.58 bits per heavy atom. The fourth-order valence-corrected chi connectivity index (χ4v) is 2.63. The van der Waals surface area contributed by atoms with Crippen molar-refractivity contribution < 1.29 is 4.79 Å². The molecule has 0 heterocycles. The van der Waals surface area contributed by atoms with Gasteiger partial charge in [-0.1, -0.05) is 48.5 Å². The molecule has 3 nitrogen and oxygen atoms in total. The van der Waals surface area contributed by atoms with E-state index in [2.05, 4.69) is 53.8 Å². The largest absolute Gasteiger partial charge is 0.356 e. The molecule has 1 atom stereocenters. The molecule has 19 heavy (non-hydrogen) atoms. The second-order valence-electron chi connectivity index (χ2n) is 7.59. The standard InChI is InChI=1S/C16H34N2O/c1-11(2)14(12(3)4)10-18-15(19)13(9-17)8-16(5,6)7/h11-14H,8-10,17H2,1-7H3,(H,18,19). The van der Waals surface area contributed by atoms with Gasteiger partial charge in [-0.3, -0.25) is 4.79 Å². The van der Waals surface area contributed by atoms with Gasteiger partial charge in [0.25, 0.3) is 0 Å². The van der Waals surface area contributed by atoms with Crippen LogP contribution in [-0.4, -0.2) is 19.0 Å². The first-order chi connectivity index (χ1) is 8.58. The highest BCUT2D eigenvalue weighted by molar-refractivity contribution is 5.78. The van der Waals surface area contributed by atoms with Crippen LogP contribution in [0.4, 0.5) is 0 Å². The summed E-state index contributed by atoms with van der Waals surface area (Å²) in [5.41, 5.74) is 5.88. The van der Waals surface area contributed by atoms with Gasteiger partial charge in [-0.05, 0) is 29.6 Å². The summed E-state index contributed by atoms with van der Waals surface area (Å²) in [5, 5.41) is 3.10. The summed E-state index contributed by atoms with van der Waals surface area (Å²) in [4.78, 5) is 12.2. The maximum absolute atomic E-state index is 12.2. The number of nitrogens with one attached hydrogen (secondary N) is 1. The van der Waals surface area contributed by atoms with Gasteiger partial charge in [0.15, 0.2) is 0 Å². The Morgan fingerprint density at radius 1 is 1.11 bits per heavy atom. The maximum Gasteiger partial charge on any atom is 0.224 e. The first kappa shape index (κ1) is 18.4. The predicted molar refractivity (Wildman–Crippen MR) is 82.8 cm³/mol. The molecule has 1 unspecified atom stereocenters. The zero-order chi connectivity index (χ0) is 15.2. The number of carbonyl (C=O) groups excluding carboxylic acids is 1. The normalized spacial score (nSPS) is 14.3. The van der Waals surface area contributed by atoms with Crippen LogP contribution in [0.5, 0.6) is 0 Å². The van der Waals surface area contributed by atoms with E-state index in [1.807, 2.05) is 0 Å². The third-order valence-electron chi connectivity index (χ3n) is 3.74. The van der Waals surface area contributed by atoms with Gasteiger partial charge in [-0.15, -0.1) is 0 Å². The van der Waals surface area contributed by atoms with E-state index in [9.17, 15) is 4.79 Å². The smallest absolute Gasteiger partial charge is 0.224 e. The summed E-state index contributed by atoms with van der Waals surface area (Å²) < 4.78 is 0. The minimum Gasteiger partial charge on any atom is -0.356 e. The van der Waals surface area contributed by atoms with Crippen molar-refractivity contribution in [2.45, 2.75) is 54.9 Å². The minimum absolute atomic E-state index is 0.0695. The molecule has 3 N–H and O–H groups in total. The van der Waals surface area contributed by atoms with Crippen LogP contribution in [0.1, 0.15) is 54.9 Å². The molecule has 0 aromatic rings. The van der Waals surface area contributed by atoms with Gasteiger partial charge in [0.1, 0.15) is 0 Å². The number of carbonyl (C=O) groups is 1. The van der Waals surface area contributed by atoms with E-state index in [0.29, 0.717) is 24.3 Å². The van der Waals surface area contributed by atoms with E-state index in [1.54, 1.807) is 0 Å². The van der Waals surface area contributed by atoms with Crippen LogP contribution in [0.25, 0.3) is 0 Å². The van der Waals surface area contributed by atoms with E-state index < -0.39 is 0 Å². The van der Waals surface area contributed by atoms with Crippen LogP contribution in [0.15, 0.2) is 0 Å². The Kier molecular flexibility index (Phi) is 7.65. The van der Waals surface area contributed by atoms with Crippen LogP contribution in [0, 0.1) is 29.1 Å². The molecule has 0 aromatic heterocycles. The molecule has 0 radical (unpaired) electrons. The lowest BCUT2D eigenvalue weighted by atomic mass is 9.83. The first-order valence-corrected chi connectivity index (χ1v) is 7.56. The quantitative estimate of drug-likeness (QED) is 0.747. The van der Waals surface area contributed by atoms with Crippen LogP contribution in [0.3, 0.4) is 0 Å². The zero-order valence-electron chi connectivity index (χ0n) is 13.9. The van der Waals surface area contributed by atoms with Crippen molar-refractivity contribution >= 4 is 5.91 Å². The Bertz CT molecular complexity index is 258. The third kappa shape index (κ3) is 7.56. The third-order valence-corrected chi connectivity index (χ3v) is 3.74. The molecule has 3 heteroatoms. The summed E-state index contributed by atoms with van der Waals surface area (Å²) in [6, 6.07) is 0. The number of nitrogens with two attached hydrogens (primary N) is 1. The topological polar surface area (TPSA) is 55.1 Å². The van der Waals surface area contributed by atoms with Gasteiger partial charge in [0.05, 0.1) is 5.92 Å². The summed E-state index contributed by atoms with van der Waals surface area (Å²) in [5.74, 6) is 1.74. The summed E-state index contributed by atoms with van der Waals surface area (Å²) in [6.07, 6.45) is 0.837. The highest BCUT2D eigenvalue weighted by atomic mass is 16.1. The van der Waals surface area contributed by atoms with Crippen LogP contribution >= 0.6 is 0 Å². The molecular weight excluding hydrogens is 236 g/mol. The average molecular weight is 270 g/mol. The molecular formula is C16H34N2O. The van der Waals surface area contributed by atoms with Crippen LogP contribution < -0.4 is 11.1 Å². The minimum atomic E-state index is -0.0695. The van der Waals surface area contributed by atoms with Crippen molar-refractivity contribution in [3.8, 4) is 0 Å². The number of hydrogen-bond acceptors (Lipinski definition) is 2. The van der Waals surface area contributed by atoms with Gasteiger partial charge in [-0.25, -0.2) is 0 Å². The Morgan fingerprint density at radius 3 is 1.89 bits per heavy atom. The Labute approximate surface area is 119 Å². The van der Waals surface area contributed by atoms with Crippen molar-refractivity contribution in [2.24, 2.45) is 34.8 Å². The molecule has 0 aliphatic heterocycles. The molecule has 0 aliphatic rings. The van der Waals surface area contributed by atoms with Crippen LogP contribution in [-0.2, 0) is 4.79 Å². The van der Waals surface area contributed by atoms with Gasteiger partial charge < -0.3 is 11.1 Å². The molecule has 0 fully saturated rings. The SMILES string of the molecule is CC(C)C(CNC(=O)C(CN)CC(C)(C)C)C(C)C. The lowest BCUT2D eigenvalue weighted by Crippen LogP contribution is -2.41. The molecule has 0 saturated carbocycles. The predicted octanol–water partition coefficient (Wildman–Crippen LogP) is 3.04. The van der Waals surface area contributed by atoms with Gasteiger partial charge in [0.2, 0.25) is 5.91 Å². The van der Waals surface area contributed by atoms with E-state index in [4.69, 9.17) is 5.73 Å². The fraction of sp³-hybridized carbons (Fsp3) is 0.938. The summed E-state index contributed by atoms with van der Waals surface area (Å²) in [6.45, 7) is 16.5. The zero-order valence-corrected chi connectivity index (χ0v) is 13.9. The van der Waals surface area contributed by atoms with Crippen LogP contribution in [0.2, 0.25) is 0 Å². The van der Waals surface area contributed by atoms with E-state index in [-0.39, 0.29) is 17.2 Å². The van der Waals surface area contributed by atoms with E-state index >= 15 is 0 Å². The molecule has 114 valence electrons. The number of amides is 1. The molecule has 1 amide bonds. The molecule has 0 saturated heterocycles. The molecule has 0 spiro atoms. The molecule has 0 bridgehead atoms. The second-order valence-corrected chi connectivity index (χ2v) is 7.59. The maximum atomic E-state index is 12.2. The number of rotatable bonds is 7. The van der Waals surface area contributed by atoms with Gasteiger partial charge in [0, 0.05) is 13.1 Å². The van der Waals surface area contributed by atoms with Crippen molar-refractivity contribution in [1.29, 1.82) is 0 Å². The lowest BCUT2D eigenvalue weighted by molar-refractivity contribution is -0.125. The van der Waals surface area contributed by atoms with Gasteiger partial charge >= 0.3 is 0 Å². The highest BCUT2D eigenvalue weighted by Gasteiger charge is 2.25. The fourth-order valence-electron chi connectivity index (χ4n) is 2.63. The Balaban J connectivity index is 4.42. The number of hydrogen-bond donors (Lipinski definition) is 2. The van der Waals surface area contributed by atoms with Crippen molar-refractivity contribution in [2.75, 3.05) is 13.1 Å².